The van der Waals surface area contributed by atoms with Crippen LogP contribution in [0.3, 0.4) is 0 Å². The number of benzene rings is 1. The van der Waals surface area contributed by atoms with E-state index in [2.05, 4.69) is 4.99 Å². The molecule has 0 saturated carbocycles. The van der Waals surface area contributed by atoms with Gasteiger partial charge in [0.1, 0.15) is 6.10 Å². The Morgan fingerprint density at radius 1 is 1.23 bits per heavy atom. The number of rotatable bonds is 2. The summed E-state index contributed by atoms with van der Waals surface area (Å²) >= 11 is 0. The Hall–Kier alpha value is -1.41. The molecule has 0 aliphatic carbocycles. The van der Waals surface area contributed by atoms with E-state index in [9.17, 15) is 5.11 Å². The maximum Gasteiger partial charge on any atom is 0.117 e. The quantitative estimate of drug-likeness (QED) is 0.729. The van der Waals surface area contributed by atoms with Crippen molar-refractivity contribution >= 4 is 5.71 Å². The molecule has 2 rings (SSSR count). The highest BCUT2D eigenvalue weighted by Gasteiger charge is 2.14. The molecule has 1 aromatic carbocycles. The molecule has 0 radical (unpaired) electrons. The van der Waals surface area contributed by atoms with Crippen molar-refractivity contribution in [1.82, 2.24) is 0 Å². The summed E-state index contributed by atoms with van der Waals surface area (Å²) in [6.07, 6.45) is 3.90. The molecule has 1 aliphatic heterocycles. The predicted molar refractivity (Wildman–Crippen MR) is 52.6 cm³/mol. The van der Waals surface area contributed by atoms with E-state index in [0.717, 1.165) is 17.7 Å². The van der Waals surface area contributed by atoms with Crippen molar-refractivity contribution in [3.05, 3.63) is 48.2 Å². The van der Waals surface area contributed by atoms with Gasteiger partial charge in [-0.1, -0.05) is 36.4 Å². The fourth-order valence-corrected chi connectivity index (χ4v) is 1.38. The van der Waals surface area contributed by atoms with Crippen LogP contribution in [0.15, 0.2) is 47.6 Å². The summed E-state index contributed by atoms with van der Waals surface area (Å²) in [5, 5.41) is 9.85. The number of allylic oxidation sites excluding steroid dienone is 1. The zero-order chi connectivity index (χ0) is 9.10. The van der Waals surface area contributed by atoms with Crippen molar-refractivity contribution in [1.29, 1.82) is 0 Å². The Morgan fingerprint density at radius 3 is 2.62 bits per heavy atom. The molecule has 1 aromatic rings. The minimum Gasteiger partial charge on any atom is -0.382 e. The van der Waals surface area contributed by atoms with Gasteiger partial charge in [-0.2, -0.15) is 0 Å². The number of hydrogen-bond acceptors (Lipinski definition) is 2. The van der Waals surface area contributed by atoms with Gasteiger partial charge in [0.05, 0.1) is 5.71 Å². The van der Waals surface area contributed by atoms with Crippen molar-refractivity contribution in [3.8, 4) is 0 Å². The first-order chi connectivity index (χ1) is 6.38. The largest absolute Gasteiger partial charge is 0.382 e. The minimum absolute atomic E-state index is 0.545. The Morgan fingerprint density at radius 2 is 2.00 bits per heavy atom. The lowest BCUT2D eigenvalue weighted by molar-refractivity contribution is 0.246. The Bertz CT molecular complexity index is 340. The number of nitrogens with zero attached hydrogens (tertiary/aromatic N) is 1. The van der Waals surface area contributed by atoms with Crippen LogP contribution in [0, 0.1) is 0 Å². The van der Waals surface area contributed by atoms with Crippen LogP contribution in [0.1, 0.15) is 18.1 Å². The van der Waals surface area contributed by atoms with Crippen LogP contribution in [0.2, 0.25) is 0 Å². The molecule has 2 heteroatoms. The molecule has 1 atom stereocenters. The van der Waals surface area contributed by atoms with Gasteiger partial charge in [0.2, 0.25) is 0 Å². The molecule has 0 bridgehead atoms. The van der Waals surface area contributed by atoms with Crippen LogP contribution in [0.25, 0.3) is 0 Å². The maximum atomic E-state index is 9.85. The molecule has 0 spiro atoms. The van der Waals surface area contributed by atoms with Crippen molar-refractivity contribution in [2.75, 3.05) is 0 Å². The Kier molecular flexibility index (Phi) is 2.23. The second kappa shape index (κ2) is 3.54. The smallest absolute Gasteiger partial charge is 0.117 e. The van der Waals surface area contributed by atoms with Crippen molar-refractivity contribution in [3.63, 3.8) is 0 Å². The molecule has 0 aromatic heterocycles. The molecule has 2 nitrogen and oxygen atoms in total. The number of hydrogen-bond donors (Lipinski definition) is 1. The number of aliphatic imine (C=N–C) groups is 1. The molecule has 0 amide bonds. The summed E-state index contributed by atoms with van der Waals surface area (Å²) in [4.78, 5) is 4.10. The lowest BCUT2D eigenvalue weighted by atomic mass is 10.0. The van der Waals surface area contributed by atoms with Crippen LogP contribution >= 0.6 is 0 Å². The maximum absolute atomic E-state index is 9.85. The Balaban J connectivity index is 2.18. The van der Waals surface area contributed by atoms with E-state index in [0.29, 0.717) is 0 Å². The van der Waals surface area contributed by atoms with Crippen LogP contribution in [0.5, 0.6) is 0 Å². The van der Waals surface area contributed by atoms with Crippen molar-refractivity contribution < 1.29 is 5.11 Å². The third-order valence-corrected chi connectivity index (χ3v) is 2.10. The summed E-state index contributed by atoms with van der Waals surface area (Å²) < 4.78 is 0. The third kappa shape index (κ3) is 1.68. The zero-order valence-corrected chi connectivity index (χ0v) is 7.22. The monoisotopic (exact) mass is 173 g/mol. The fraction of sp³-hybridized carbons (Fsp3) is 0.182. The van der Waals surface area contributed by atoms with Gasteiger partial charge < -0.3 is 5.11 Å². The van der Waals surface area contributed by atoms with Crippen molar-refractivity contribution in [2.45, 2.75) is 12.5 Å². The van der Waals surface area contributed by atoms with E-state index in [1.54, 1.807) is 6.20 Å². The van der Waals surface area contributed by atoms with Gasteiger partial charge in [-0.15, -0.1) is 0 Å². The van der Waals surface area contributed by atoms with Gasteiger partial charge in [0, 0.05) is 12.6 Å². The molecule has 66 valence electrons. The number of aliphatic hydroxyl groups excluding tert-OH is 1. The molecule has 1 N–H and O–H groups in total. The molecule has 13 heavy (non-hydrogen) atoms. The van der Waals surface area contributed by atoms with Crippen LogP contribution < -0.4 is 0 Å². The molecule has 1 aliphatic rings. The fourth-order valence-electron chi connectivity index (χ4n) is 1.38. The Labute approximate surface area is 77.3 Å². The van der Waals surface area contributed by atoms with Gasteiger partial charge >= 0.3 is 0 Å². The van der Waals surface area contributed by atoms with Crippen LogP contribution in [-0.2, 0) is 0 Å². The van der Waals surface area contributed by atoms with E-state index in [4.69, 9.17) is 0 Å². The molecule has 1 unspecified atom stereocenters. The second-order valence-corrected chi connectivity index (χ2v) is 3.02. The lowest BCUT2D eigenvalue weighted by Crippen LogP contribution is -2.09. The molecule has 0 fully saturated rings. The van der Waals surface area contributed by atoms with E-state index < -0.39 is 6.10 Å². The highest BCUT2D eigenvalue weighted by molar-refractivity contribution is 5.92. The highest BCUT2D eigenvalue weighted by atomic mass is 16.3. The summed E-state index contributed by atoms with van der Waals surface area (Å²) in [6.45, 7) is 0. The third-order valence-electron chi connectivity index (χ3n) is 2.10. The average molecular weight is 173 g/mol. The molecular weight excluding hydrogens is 162 g/mol. The first-order valence-corrected chi connectivity index (χ1v) is 4.32. The predicted octanol–water partition coefficient (Wildman–Crippen LogP) is 2.08. The van der Waals surface area contributed by atoms with Gasteiger partial charge in [0.25, 0.3) is 0 Å². The SMILES string of the molecule is OC(C1=NC=CC1)c1ccccc1. The van der Waals surface area contributed by atoms with Gasteiger partial charge in [0.15, 0.2) is 0 Å². The first kappa shape index (κ1) is 8.20. The molecule has 1 heterocycles. The number of aliphatic hydroxyl groups is 1. The summed E-state index contributed by atoms with van der Waals surface area (Å²) in [7, 11) is 0. The molecule has 0 saturated heterocycles. The van der Waals surface area contributed by atoms with Crippen LogP contribution in [-0.4, -0.2) is 10.8 Å². The van der Waals surface area contributed by atoms with Gasteiger partial charge in [-0.05, 0) is 5.56 Å². The standard InChI is InChI=1S/C11H11NO/c13-11(10-7-4-8-12-10)9-5-2-1-3-6-9/h1-6,8,11,13H,7H2. The molecular formula is C11H11NO. The normalized spacial score (nSPS) is 17.2. The van der Waals surface area contributed by atoms with Gasteiger partial charge in [-0.3, -0.25) is 4.99 Å². The van der Waals surface area contributed by atoms with Crippen molar-refractivity contribution in [2.24, 2.45) is 4.99 Å². The van der Waals surface area contributed by atoms with E-state index in [-0.39, 0.29) is 0 Å². The highest BCUT2D eigenvalue weighted by Crippen LogP contribution is 2.18. The minimum atomic E-state index is -0.545. The van der Waals surface area contributed by atoms with Crippen LogP contribution in [0.4, 0.5) is 0 Å². The summed E-state index contributed by atoms with van der Waals surface area (Å²) in [5.74, 6) is 0. The van der Waals surface area contributed by atoms with E-state index in [1.165, 1.54) is 0 Å². The van der Waals surface area contributed by atoms with E-state index >= 15 is 0 Å². The average Bonchev–Trinajstić information content (AvgIpc) is 2.71. The lowest BCUT2D eigenvalue weighted by Gasteiger charge is -2.09. The second-order valence-electron chi connectivity index (χ2n) is 3.02. The first-order valence-electron chi connectivity index (χ1n) is 4.32. The summed E-state index contributed by atoms with van der Waals surface area (Å²) in [6, 6.07) is 9.59. The zero-order valence-electron chi connectivity index (χ0n) is 7.22. The van der Waals surface area contributed by atoms with Gasteiger partial charge in [-0.25, -0.2) is 0 Å². The van der Waals surface area contributed by atoms with E-state index in [1.807, 2.05) is 36.4 Å². The summed E-state index contributed by atoms with van der Waals surface area (Å²) in [5.41, 5.74) is 1.73. The topological polar surface area (TPSA) is 32.6 Å².